The molecule has 104 valence electrons. The number of rotatable bonds is 4. The molecule has 10 nitrogen and oxygen atoms in total. The number of aromatic nitrogens is 4. The van der Waals surface area contributed by atoms with Crippen LogP contribution in [0.3, 0.4) is 0 Å². The number of hydrogen-bond donors (Lipinski definition) is 2. The van der Waals surface area contributed by atoms with E-state index in [4.69, 9.17) is 5.84 Å². The quantitative estimate of drug-likeness (QED) is 0.436. The molecule has 0 aromatic carbocycles. The van der Waals surface area contributed by atoms with Crippen LogP contribution in [0.4, 0.5) is 11.5 Å². The van der Waals surface area contributed by atoms with Gasteiger partial charge in [-0.25, -0.2) is 20.6 Å². The van der Waals surface area contributed by atoms with Crippen LogP contribution in [0.5, 0.6) is 0 Å². The Kier molecular flexibility index (Phi) is 3.66. The Labute approximate surface area is 112 Å². The topological polar surface area (TPSA) is 142 Å². The van der Waals surface area contributed by atoms with Gasteiger partial charge < -0.3 is 5.43 Å². The molecule has 0 bridgehead atoms. The summed E-state index contributed by atoms with van der Waals surface area (Å²) < 4.78 is 1.06. The van der Waals surface area contributed by atoms with E-state index in [1.54, 1.807) is 13.0 Å². The van der Waals surface area contributed by atoms with E-state index < -0.39 is 10.6 Å². The summed E-state index contributed by atoms with van der Waals surface area (Å²) >= 11 is 0. The van der Waals surface area contributed by atoms with Crippen LogP contribution in [0, 0.1) is 17.0 Å². The lowest BCUT2D eigenvalue weighted by molar-refractivity contribution is -0.385. The highest BCUT2D eigenvalue weighted by molar-refractivity contribution is 5.34. The van der Waals surface area contributed by atoms with Crippen LogP contribution in [0.15, 0.2) is 23.3 Å². The highest BCUT2D eigenvalue weighted by atomic mass is 16.6. The summed E-state index contributed by atoms with van der Waals surface area (Å²) in [6.07, 6.45) is 2.00. The molecule has 20 heavy (non-hydrogen) atoms. The zero-order chi connectivity index (χ0) is 14.7. The van der Waals surface area contributed by atoms with Crippen LogP contribution in [0.2, 0.25) is 0 Å². The van der Waals surface area contributed by atoms with Gasteiger partial charge in [-0.05, 0) is 6.92 Å². The normalized spacial score (nSPS) is 10.3. The lowest BCUT2D eigenvalue weighted by Crippen LogP contribution is -2.24. The van der Waals surface area contributed by atoms with Gasteiger partial charge in [-0.1, -0.05) is 0 Å². The number of aryl methyl sites for hydroxylation is 1. The summed E-state index contributed by atoms with van der Waals surface area (Å²) in [5.74, 6) is 5.95. The van der Waals surface area contributed by atoms with Crippen LogP contribution in [-0.2, 0) is 6.54 Å². The maximum absolute atomic E-state index is 11.6. The van der Waals surface area contributed by atoms with Crippen molar-refractivity contribution in [3.8, 4) is 0 Å². The summed E-state index contributed by atoms with van der Waals surface area (Å²) in [7, 11) is 0. The van der Waals surface area contributed by atoms with E-state index in [-0.39, 0.29) is 12.2 Å². The fourth-order valence-electron chi connectivity index (χ4n) is 1.58. The first-order chi connectivity index (χ1) is 9.49. The summed E-state index contributed by atoms with van der Waals surface area (Å²) in [6, 6.07) is 1.62. The largest absolute Gasteiger partial charge is 0.348 e. The van der Waals surface area contributed by atoms with E-state index >= 15 is 0 Å². The lowest BCUT2D eigenvalue weighted by Gasteiger charge is -2.06. The first-order valence-electron chi connectivity index (χ1n) is 5.51. The summed E-state index contributed by atoms with van der Waals surface area (Å²) in [5.41, 5.74) is 2.12. The number of anilines is 1. The lowest BCUT2D eigenvalue weighted by atomic mass is 10.4. The number of nitrogens with one attached hydrogen (secondary N) is 1. The average molecular weight is 277 g/mol. The number of nitrogens with zero attached hydrogens (tertiary/aromatic N) is 5. The van der Waals surface area contributed by atoms with E-state index in [0.717, 1.165) is 17.0 Å². The van der Waals surface area contributed by atoms with Crippen molar-refractivity contribution in [2.75, 3.05) is 5.43 Å². The van der Waals surface area contributed by atoms with Crippen molar-refractivity contribution < 1.29 is 4.92 Å². The Morgan fingerprint density at radius 2 is 2.25 bits per heavy atom. The number of nitrogens with two attached hydrogens (primary N) is 1. The van der Waals surface area contributed by atoms with Crippen LogP contribution in [0.25, 0.3) is 0 Å². The van der Waals surface area contributed by atoms with Crippen LogP contribution < -0.4 is 17.0 Å². The molecule has 0 fully saturated rings. The Bertz CT molecular complexity index is 712. The molecule has 0 saturated carbocycles. The minimum Gasteiger partial charge on any atom is -0.308 e. The summed E-state index contributed by atoms with van der Waals surface area (Å²) in [6.45, 7) is 1.70. The number of nitro groups is 1. The number of hydrogen-bond acceptors (Lipinski definition) is 8. The Morgan fingerprint density at radius 1 is 1.50 bits per heavy atom. The van der Waals surface area contributed by atoms with Crippen molar-refractivity contribution in [3.63, 3.8) is 0 Å². The smallest absolute Gasteiger partial charge is 0.308 e. The van der Waals surface area contributed by atoms with E-state index in [1.165, 1.54) is 0 Å². The highest BCUT2D eigenvalue weighted by Crippen LogP contribution is 2.08. The third-order valence-electron chi connectivity index (χ3n) is 2.41. The molecule has 2 heterocycles. The van der Waals surface area contributed by atoms with E-state index in [0.29, 0.717) is 17.3 Å². The van der Waals surface area contributed by atoms with Crippen molar-refractivity contribution in [1.82, 2.24) is 19.5 Å². The summed E-state index contributed by atoms with van der Waals surface area (Å²) in [4.78, 5) is 33.2. The SMILES string of the molecule is Cc1cc(NN)nc(Cn2cc([N+](=O)[O-])cnc2=O)n1. The van der Waals surface area contributed by atoms with Gasteiger partial charge in [-0.3, -0.25) is 14.7 Å². The molecule has 0 amide bonds. The number of hydrazine groups is 1. The third-order valence-corrected chi connectivity index (χ3v) is 2.41. The van der Waals surface area contributed by atoms with Gasteiger partial charge in [0, 0.05) is 11.8 Å². The molecule has 0 aliphatic heterocycles. The Morgan fingerprint density at radius 3 is 2.90 bits per heavy atom. The predicted molar refractivity (Wildman–Crippen MR) is 68.8 cm³/mol. The molecule has 3 N–H and O–H groups in total. The van der Waals surface area contributed by atoms with Gasteiger partial charge >= 0.3 is 11.4 Å². The molecule has 2 aromatic heterocycles. The first kappa shape index (κ1) is 13.5. The number of nitrogen functional groups attached to an aromatic ring is 1. The van der Waals surface area contributed by atoms with Gasteiger partial charge in [-0.15, -0.1) is 0 Å². The molecule has 0 unspecified atom stereocenters. The fourth-order valence-corrected chi connectivity index (χ4v) is 1.58. The highest BCUT2D eigenvalue weighted by Gasteiger charge is 2.11. The van der Waals surface area contributed by atoms with Crippen molar-refractivity contribution in [2.24, 2.45) is 5.84 Å². The minimum absolute atomic E-state index is 0.0378. The van der Waals surface area contributed by atoms with Gasteiger partial charge in [0.1, 0.15) is 12.0 Å². The van der Waals surface area contributed by atoms with E-state index in [2.05, 4.69) is 20.4 Å². The first-order valence-corrected chi connectivity index (χ1v) is 5.51. The molecule has 0 aliphatic rings. The molecule has 0 atom stereocenters. The zero-order valence-corrected chi connectivity index (χ0v) is 10.5. The molecule has 2 rings (SSSR count). The third kappa shape index (κ3) is 2.92. The molecule has 2 aromatic rings. The van der Waals surface area contributed by atoms with Gasteiger partial charge in [0.25, 0.3) is 0 Å². The van der Waals surface area contributed by atoms with Crippen LogP contribution in [0.1, 0.15) is 11.5 Å². The van der Waals surface area contributed by atoms with E-state index in [1.807, 2.05) is 0 Å². The van der Waals surface area contributed by atoms with Crippen molar-refractivity contribution in [2.45, 2.75) is 13.5 Å². The van der Waals surface area contributed by atoms with Crippen molar-refractivity contribution in [3.05, 3.63) is 50.6 Å². The van der Waals surface area contributed by atoms with Crippen molar-refractivity contribution in [1.29, 1.82) is 0 Å². The summed E-state index contributed by atoms with van der Waals surface area (Å²) in [5, 5.41) is 10.7. The van der Waals surface area contributed by atoms with Crippen LogP contribution in [-0.4, -0.2) is 24.4 Å². The second-order valence-corrected chi connectivity index (χ2v) is 3.93. The van der Waals surface area contributed by atoms with Crippen molar-refractivity contribution >= 4 is 11.5 Å². The second kappa shape index (κ2) is 5.40. The molecule has 10 heteroatoms. The standard InChI is InChI=1S/C10H11N7O3/c1-6-2-8(15-11)14-9(13-6)5-16-4-7(17(19)20)3-12-10(16)18/h2-4H,5,11H2,1H3,(H,13,14,15). The zero-order valence-electron chi connectivity index (χ0n) is 10.5. The average Bonchev–Trinajstić information content (AvgIpc) is 2.40. The second-order valence-electron chi connectivity index (χ2n) is 3.93. The molecule has 0 spiro atoms. The maximum Gasteiger partial charge on any atom is 0.348 e. The fraction of sp³-hybridized carbons (Fsp3) is 0.200. The molecule has 0 saturated heterocycles. The Balaban J connectivity index is 2.39. The monoisotopic (exact) mass is 277 g/mol. The molecule has 0 aliphatic carbocycles. The molecule has 0 radical (unpaired) electrons. The van der Waals surface area contributed by atoms with E-state index in [9.17, 15) is 14.9 Å². The predicted octanol–water partition coefficient (Wildman–Crippen LogP) is -0.416. The maximum atomic E-state index is 11.6. The van der Waals surface area contributed by atoms with Gasteiger partial charge in [0.15, 0.2) is 5.82 Å². The molecular formula is C10H11N7O3. The van der Waals surface area contributed by atoms with Crippen LogP contribution >= 0.6 is 0 Å². The van der Waals surface area contributed by atoms with Gasteiger partial charge in [-0.2, -0.15) is 4.98 Å². The van der Waals surface area contributed by atoms with Gasteiger partial charge in [0.2, 0.25) is 0 Å². The molecular weight excluding hydrogens is 266 g/mol. The minimum atomic E-state index is -0.632. The Hall–Kier alpha value is -2.88. The van der Waals surface area contributed by atoms with Gasteiger partial charge in [0.05, 0.1) is 17.7 Å².